The largest absolute Gasteiger partial charge is 0.494 e. The summed E-state index contributed by atoms with van der Waals surface area (Å²) in [5.41, 5.74) is 0.620. The third-order valence-electron chi connectivity index (χ3n) is 5.04. The molecule has 0 radical (unpaired) electrons. The fourth-order valence-electron chi connectivity index (χ4n) is 3.56. The smallest absolute Gasteiger partial charge is 0.335 e. The van der Waals surface area contributed by atoms with Crippen LogP contribution < -0.4 is 19.7 Å². The van der Waals surface area contributed by atoms with E-state index in [0.717, 1.165) is 15.7 Å². The molecular formula is C26H20N2O5. The lowest BCUT2D eigenvalue weighted by atomic mass is 9.99. The summed E-state index contributed by atoms with van der Waals surface area (Å²) in [7, 11) is 0. The molecule has 1 aliphatic rings. The third-order valence-corrected chi connectivity index (χ3v) is 5.04. The van der Waals surface area contributed by atoms with Crippen LogP contribution in [0.3, 0.4) is 0 Å². The summed E-state index contributed by atoms with van der Waals surface area (Å²) < 4.78 is 11.1. The number of barbiturate groups is 1. The molecule has 1 aliphatic heterocycles. The van der Waals surface area contributed by atoms with Crippen LogP contribution in [0.25, 0.3) is 16.8 Å². The van der Waals surface area contributed by atoms with Crippen molar-refractivity contribution < 1.29 is 23.9 Å². The Morgan fingerprint density at radius 3 is 2.48 bits per heavy atom. The van der Waals surface area contributed by atoms with E-state index in [4.69, 9.17) is 15.9 Å². The Bertz CT molecular complexity index is 1320. The summed E-state index contributed by atoms with van der Waals surface area (Å²) in [6, 6.07) is 16.7. The molecule has 7 heteroatoms. The number of carbonyl (C=O) groups is 3. The first-order valence-electron chi connectivity index (χ1n) is 10.3. The van der Waals surface area contributed by atoms with Gasteiger partial charge in [0.1, 0.15) is 23.7 Å². The van der Waals surface area contributed by atoms with E-state index in [1.807, 2.05) is 37.3 Å². The van der Waals surface area contributed by atoms with Gasteiger partial charge in [0.25, 0.3) is 11.8 Å². The Labute approximate surface area is 190 Å². The molecule has 0 bridgehead atoms. The topological polar surface area (TPSA) is 84.9 Å². The minimum absolute atomic E-state index is 0.0193. The van der Waals surface area contributed by atoms with E-state index in [-0.39, 0.29) is 12.2 Å². The van der Waals surface area contributed by atoms with Crippen molar-refractivity contribution in [2.24, 2.45) is 0 Å². The van der Waals surface area contributed by atoms with Crippen molar-refractivity contribution in [2.45, 2.75) is 6.92 Å². The molecule has 1 N–H and O–H groups in total. The van der Waals surface area contributed by atoms with Crippen LogP contribution in [0.5, 0.6) is 11.5 Å². The Kier molecular flexibility index (Phi) is 6.09. The highest BCUT2D eigenvalue weighted by Crippen LogP contribution is 2.32. The summed E-state index contributed by atoms with van der Waals surface area (Å²) in [6.07, 6.45) is 6.76. The lowest BCUT2D eigenvalue weighted by Gasteiger charge is -2.26. The van der Waals surface area contributed by atoms with E-state index in [1.165, 1.54) is 6.08 Å². The van der Waals surface area contributed by atoms with Crippen LogP contribution in [0.4, 0.5) is 10.5 Å². The Hall–Kier alpha value is -4.57. The maximum absolute atomic E-state index is 13.3. The highest BCUT2D eigenvalue weighted by atomic mass is 16.5. The van der Waals surface area contributed by atoms with E-state index in [0.29, 0.717) is 29.4 Å². The fraction of sp³-hybridized carbons (Fsp3) is 0.115. The second-order valence-corrected chi connectivity index (χ2v) is 7.08. The molecule has 1 saturated heterocycles. The second-order valence-electron chi connectivity index (χ2n) is 7.08. The predicted octanol–water partition coefficient (Wildman–Crippen LogP) is 3.92. The highest BCUT2D eigenvalue weighted by Gasteiger charge is 2.37. The zero-order valence-electron chi connectivity index (χ0n) is 17.8. The zero-order valence-corrected chi connectivity index (χ0v) is 17.8. The van der Waals surface area contributed by atoms with Crippen molar-refractivity contribution >= 4 is 40.4 Å². The van der Waals surface area contributed by atoms with Gasteiger partial charge in [-0.3, -0.25) is 14.9 Å². The van der Waals surface area contributed by atoms with Gasteiger partial charge < -0.3 is 9.47 Å². The number of nitrogens with zero attached hydrogens (tertiary/aromatic N) is 1. The van der Waals surface area contributed by atoms with E-state index >= 15 is 0 Å². The van der Waals surface area contributed by atoms with Gasteiger partial charge in [-0.2, -0.15) is 0 Å². The molecule has 3 aromatic rings. The first kappa shape index (κ1) is 21.7. The zero-order chi connectivity index (χ0) is 23.4. The van der Waals surface area contributed by atoms with Crippen LogP contribution in [0, 0.1) is 12.3 Å². The monoisotopic (exact) mass is 440 g/mol. The average Bonchev–Trinajstić information content (AvgIpc) is 2.82. The number of benzene rings is 3. The number of hydrogen-bond acceptors (Lipinski definition) is 5. The summed E-state index contributed by atoms with van der Waals surface area (Å²) in [5, 5.41) is 3.89. The molecular weight excluding hydrogens is 420 g/mol. The molecule has 3 aromatic carbocycles. The average molecular weight is 440 g/mol. The minimum Gasteiger partial charge on any atom is -0.494 e. The number of hydrogen-bond donors (Lipinski definition) is 1. The van der Waals surface area contributed by atoms with Gasteiger partial charge in [0, 0.05) is 5.56 Å². The fourth-order valence-corrected chi connectivity index (χ4v) is 3.56. The molecule has 0 atom stereocenters. The number of urea groups is 1. The normalized spacial score (nSPS) is 14.8. The molecule has 0 aliphatic carbocycles. The van der Waals surface area contributed by atoms with Gasteiger partial charge in [-0.15, -0.1) is 6.42 Å². The van der Waals surface area contributed by atoms with Crippen molar-refractivity contribution in [3.8, 4) is 23.8 Å². The number of terminal acetylenes is 1. The first-order valence-corrected chi connectivity index (χ1v) is 10.3. The van der Waals surface area contributed by atoms with Gasteiger partial charge >= 0.3 is 6.03 Å². The maximum Gasteiger partial charge on any atom is 0.335 e. The van der Waals surface area contributed by atoms with Crippen LogP contribution in [0.1, 0.15) is 12.5 Å². The standard InChI is InChI=1S/C26H20N2O5/c1-3-15-33-23-14-9-17-7-5-6-8-20(17)21(23)16-22-24(29)27-26(31)28(25(22)30)18-10-12-19(13-11-18)32-4-2/h1,5-14,16H,4,15H2,2H3,(H,27,29,31)/b22-16+. The first-order chi connectivity index (χ1) is 16.0. The van der Waals surface area contributed by atoms with E-state index in [9.17, 15) is 14.4 Å². The number of fused-ring (bicyclic) bond motifs is 1. The minimum atomic E-state index is -0.826. The van der Waals surface area contributed by atoms with Gasteiger partial charge in [-0.05, 0) is 54.1 Å². The molecule has 33 heavy (non-hydrogen) atoms. The van der Waals surface area contributed by atoms with Crippen LogP contribution in [-0.4, -0.2) is 31.1 Å². The molecule has 7 nitrogen and oxygen atoms in total. The number of ether oxygens (including phenoxy) is 2. The van der Waals surface area contributed by atoms with Gasteiger partial charge in [-0.1, -0.05) is 36.3 Å². The molecule has 164 valence electrons. The van der Waals surface area contributed by atoms with Crippen molar-refractivity contribution in [2.75, 3.05) is 18.1 Å². The predicted molar refractivity (Wildman–Crippen MR) is 125 cm³/mol. The Morgan fingerprint density at radius 2 is 1.76 bits per heavy atom. The summed E-state index contributed by atoms with van der Waals surface area (Å²) in [5.74, 6) is 1.89. The molecule has 0 spiro atoms. The van der Waals surface area contributed by atoms with Crippen molar-refractivity contribution in [1.82, 2.24) is 5.32 Å². The molecule has 1 heterocycles. The van der Waals surface area contributed by atoms with Gasteiger partial charge in [0.05, 0.1) is 12.3 Å². The van der Waals surface area contributed by atoms with Gasteiger partial charge in [0.15, 0.2) is 0 Å². The molecule has 4 rings (SSSR count). The van der Waals surface area contributed by atoms with E-state index < -0.39 is 17.8 Å². The SMILES string of the molecule is C#CCOc1ccc2ccccc2c1/C=C1\C(=O)NC(=O)N(c2ccc(OCC)cc2)C1=O. The highest BCUT2D eigenvalue weighted by molar-refractivity contribution is 6.39. The van der Waals surface area contributed by atoms with Crippen LogP contribution in [0.15, 0.2) is 66.2 Å². The molecule has 4 amide bonds. The second kappa shape index (κ2) is 9.28. The lowest BCUT2D eigenvalue weighted by Crippen LogP contribution is -2.54. The number of carbonyl (C=O) groups excluding carboxylic acids is 3. The molecule has 0 aromatic heterocycles. The van der Waals surface area contributed by atoms with E-state index in [2.05, 4.69) is 11.2 Å². The van der Waals surface area contributed by atoms with Crippen LogP contribution >= 0.6 is 0 Å². The number of nitrogens with one attached hydrogen (secondary N) is 1. The molecule has 1 fully saturated rings. The number of amides is 4. The summed E-state index contributed by atoms with van der Waals surface area (Å²) >= 11 is 0. The number of rotatable bonds is 6. The van der Waals surface area contributed by atoms with Crippen molar-refractivity contribution in [3.05, 3.63) is 71.8 Å². The quantitative estimate of drug-likeness (QED) is 0.357. The Balaban J connectivity index is 1.79. The summed E-state index contributed by atoms with van der Waals surface area (Å²) in [6.45, 7) is 2.36. The molecule has 0 unspecified atom stereocenters. The van der Waals surface area contributed by atoms with E-state index in [1.54, 1.807) is 30.3 Å². The van der Waals surface area contributed by atoms with Crippen molar-refractivity contribution in [3.63, 3.8) is 0 Å². The molecule has 0 saturated carbocycles. The van der Waals surface area contributed by atoms with Crippen LogP contribution in [0.2, 0.25) is 0 Å². The number of anilines is 1. The van der Waals surface area contributed by atoms with Gasteiger partial charge in [-0.25, -0.2) is 9.69 Å². The van der Waals surface area contributed by atoms with Crippen LogP contribution in [-0.2, 0) is 9.59 Å². The number of imide groups is 2. The van der Waals surface area contributed by atoms with Crippen molar-refractivity contribution in [1.29, 1.82) is 0 Å². The van der Waals surface area contributed by atoms with Gasteiger partial charge in [0.2, 0.25) is 0 Å². The Morgan fingerprint density at radius 1 is 1.00 bits per heavy atom. The lowest BCUT2D eigenvalue weighted by molar-refractivity contribution is -0.122. The summed E-state index contributed by atoms with van der Waals surface area (Å²) in [4.78, 5) is 39.4. The third kappa shape index (κ3) is 4.27. The maximum atomic E-state index is 13.3.